The van der Waals surface area contributed by atoms with Gasteiger partial charge in [-0.3, -0.25) is 4.98 Å². The van der Waals surface area contributed by atoms with Crippen LogP contribution in [0.25, 0.3) is 0 Å². The molecule has 0 saturated carbocycles. The molecule has 5 heteroatoms. The molecule has 3 rings (SSSR count). The Morgan fingerprint density at radius 1 is 1.24 bits per heavy atom. The van der Waals surface area contributed by atoms with Gasteiger partial charge in [0.15, 0.2) is 0 Å². The van der Waals surface area contributed by atoms with E-state index in [4.69, 9.17) is 0 Å². The van der Waals surface area contributed by atoms with Gasteiger partial charge < -0.3 is 10.3 Å². The van der Waals surface area contributed by atoms with Crippen molar-refractivity contribution in [1.82, 2.24) is 15.0 Å². The van der Waals surface area contributed by atoms with Crippen molar-refractivity contribution in [3.8, 4) is 0 Å². The van der Waals surface area contributed by atoms with Gasteiger partial charge in [-0.1, -0.05) is 22.0 Å². The van der Waals surface area contributed by atoms with Crippen molar-refractivity contribution in [1.29, 1.82) is 0 Å². The van der Waals surface area contributed by atoms with E-state index in [0.29, 0.717) is 0 Å². The van der Waals surface area contributed by atoms with E-state index in [1.54, 1.807) is 12.4 Å². The number of aryl methyl sites for hydroxylation is 1. The lowest BCUT2D eigenvalue weighted by Gasteiger charge is -2.18. The lowest BCUT2D eigenvalue weighted by atomic mass is 10.1. The molecular weight excluding hydrogens is 328 g/mol. The first-order chi connectivity index (χ1) is 10.2. The lowest BCUT2D eigenvalue weighted by molar-refractivity contribution is 0.848. The van der Waals surface area contributed by atoms with Gasteiger partial charge in [0.2, 0.25) is 0 Å². The number of pyridine rings is 1. The SMILES string of the molecule is Cc1cc(Br)cc(N[C@@H](c2cccnc2)c2ncc[nH]2)c1. The maximum atomic E-state index is 4.38. The summed E-state index contributed by atoms with van der Waals surface area (Å²) in [5.74, 6) is 0.862. The highest BCUT2D eigenvalue weighted by Gasteiger charge is 2.16. The van der Waals surface area contributed by atoms with Crippen LogP contribution in [0.5, 0.6) is 0 Å². The molecular formula is C16H15BrN4. The molecule has 2 heterocycles. The van der Waals surface area contributed by atoms with Crippen LogP contribution in [0.2, 0.25) is 0 Å². The van der Waals surface area contributed by atoms with Gasteiger partial charge in [0.25, 0.3) is 0 Å². The zero-order valence-corrected chi connectivity index (χ0v) is 13.1. The molecule has 1 aromatic carbocycles. The van der Waals surface area contributed by atoms with Gasteiger partial charge in [-0.25, -0.2) is 4.98 Å². The predicted molar refractivity (Wildman–Crippen MR) is 87.2 cm³/mol. The van der Waals surface area contributed by atoms with E-state index < -0.39 is 0 Å². The highest BCUT2D eigenvalue weighted by atomic mass is 79.9. The van der Waals surface area contributed by atoms with Crippen LogP contribution in [0.1, 0.15) is 23.0 Å². The fraction of sp³-hybridized carbons (Fsp3) is 0.125. The van der Waals surface area contributed by atoms with Crippen LogP contribution in [0, 0.1) is 6.92 Å². The minimum atomic E-state index is -0.0672. The number of hydrogen-bond donors (Lipinski definition) is 2. The fourth-order valence-corrected chi connectivity index (χ4v) is 2.89. The molecule has 3 aromatic rings. The van der Waals surface area contributed by atoms with Crippen LogP contribution in [0.4, 0.5) is 5.69 Å². The second-order valence-electron chi connectivity index (χ2n) is 4.86. The second kappa shape index (κ2) is 6.10. The van der Waals surface area contributed by atoms with Crippen LogP contribution >= 0.6 is 15.9 Å². The first kappa shape index (κ1) is 13.8. The Labute approximate surface area is 131 Å². The molecule has 21 heavy (non-hydrogen) atoms. The fourth-order valence-electron chi connectivity index (χ4n) is 2.28. The normalized spacial score (nSPS) is 12.1. The lowest BCUT2D eigenvalue weighted by Crippen LogP contribution is -2.14. The van der Waals surface area contributed by atoms with Gasteiger partial charge in [0.05, 0.1) is 0 Å². The minimum absolute atomic E-state index is 0.0672. The summed E-state index contributed by atoms with van der Waals surface area (Å²) < 4.78 is 1.05. The zero-order valence-electron chi connectivity index (χ0n) is 11.5. The van der Waals surface area contributed by atoms with E-state index in [9.17, 15) is 0 Å². The number of halogens is 1. The summed E-state index contributed by atoms with van der Waals surface area (Å²) >= 11 is 3.53. The zero-order chi connectivity index (χ0) is 14.7. The molecule has 0 amide bonds. The minimum Gasteiger partial charge on any atom is -0.371 e. The molecule has 0 aliphatic rings. The van der Waals surface area contributed by atoms with E-state index >= 15 is 0 Å². The van der Waals surface area contributed by atoms with Crippen LogP contribution in [0.15, 0.2) is 59.6 Å². The molecule has 0 spiro atoms. The van der Waals surface area contributed by atoms with Crippen LogP contribution in [-0.2, 0) is 0 Å². The summed E-state index contributed by atoms with van der Waals surface area (Å²) in [5.41, 5.74) is 3.29. The molecule has 4 nitrogen and oxygen atoms in total. The van der Waals surface area contributed by atoms with E-state index in [0.717, 1.165) is 21.5 Å². The van der Waals surface area contributed by atoms with Crippen LogP contribution in [-0.4, -0.2) is 15.0 Å². The predicted octanol–water partition coefficient (Wildman–Crippen LogP) is 4.08. The van der Waals surface area contributed by atoms with Gasteiger partial charge in [0, 0.05) is 40.5 Å². The summed E-state index contributed by atoms with van der Waals surface area (Å²) in [5, 5.41) is 3.52. The van der Waals surface area contributed by atoms with Crippen molar-refractivity contribution in [2.75, 3.05) is 5.32 Å². The molecule has 0 aliphatic carbocycles. The molecule has 0 fully saturated rings. The highest BCUT2D eigenvalue weighted by Crippen LogP contribution is 2.26. The Bertz CT molecular complexity index is 690. The van der Waals surface area contributed by atoms with E-state index in [2.05, 4.69) is 61.3 Å². The van der Waals surface area contributed by atoms with Crippen molar-refractivity contribution in [3.05, 3.63) is 76.5 Å². The summed E-state index contributed by atoms with van der Waals surface area (Å²) in [4.78, 5) is 11.7. The third kappa shape index (κ3) is 3.31. The summed E-state index contributed by atoms with van der Waals surface area (Å²) in [6.45, 7) is 2.07. The number of aromatic nitrogens is 3. The van der Waals surface area contributed by atoms with Crippen molar-refractivity contribution in [2.24, 2.45) is 0 Å². The molecule has 2 N–H and O–H groups in total. The number of benzene rings is 1. The van der Waals surface area contributed by atoms with Gasteiger partial charge in [-0.2, -0.15) is 0 Å². The summed E-state index contributed by atoms with van der Waals surface area (Å²) in [7, 11) is 0. The quantitative estimate of drug-likeness (QED) is 0.751. The first-order valence-electron chi connectivity index (χ1n) is 6.65. The Kier molecular flexibility index (Phi) is 4.01. The molecule has 0 bridgehead atoms. The van der Waals surface area contributed by atoms with Gasteiger partial charge in [-0.15, -0.1) is 0 Å². The molecule has 106 valence electrons. The number of H-pyrrole nitrogens is 1. The van der Waals surface area contributed by atoms with Crippen molar-refractivity contribution in [2.45, 2.75) is 13.0 Å². The van der Waals surface area contributed by atoms with Gasteiger partial charge in [0.1, 0.15) is 11.9 Å². The van der Waals surface area contributed by atoms with Gasteiger partial charge in [-0.05, 0) is 36.8 Å². The van der Waals surface area contributed by atoms with Crippen molar-refractivity contribution in [3.63, 3.8) is 0 Å². The molecule has 0 aliphatic heterocycles. The molecule has 2 aromatic heterocycles. The number of nitrogens with zero attached hydrogens (tertiary/aromatic N) is 2. The Hall–Kier alpha value is -2.14. The molecule has 0 unspecified atom stereocenters. The number of nitrogens with one attached hydrogen (secondary N) is 2. The van der Waals surface area contributed by atoms with Crippen LogP contribution < -0.4 is 5.32 Å². The topological polar surface area (TPSA) is 53.6 Å². The maximum Gasteiger partial charge on any atom is 0.133 e. The van der Waals surface area contributed by atoms with Crippen molar-refractivity contribution < 1.29 is 0 Å². The maximum absolute atomic E-state index is 4.38. The van der Waals surface area contributed by atoms with Gasteiger partial charge >= 0.3 is 0 Å². The van der Waals surface area contributed by atoms with E-state index in [-0.39, 0.29) is 6.04 Å². The Balaban J connectivity index is 1.97. The van der Waals surface area contributed by atoms with Crippen LogP contribution in [0.3, 0.4) is 0 Å². The first-order valence-corrected chi connectivity index (χ1v) is 7.44. The summed E-state index contributed by atoms with van der Waals surface area (Å²) in [6.07, 6.45) is 7.20. The number of anilines is 1. The van der Waals surface area contributed by atoms with E-state index in [1.807, 2.05) is 24.5 Å². The molecule has 0 radical (unpaired) electrons. The number of imidazole rings is 1. The van der Waals surface area contributed by atoms with E-state index in [1.165, 1.54) is 5.56 Å². The Morgan fingerprint density at radius 2 is 2.14 bits per heavy atom. The standard InChI is InChI=1S/C16H15BrN4/c1-11-7-13(17)9-14(8-11)21-15(16-19-5-6-20-16)12-3-2-4-18-10-12/h2-10,15,21H,1H3,(H,19,20)/t15-/m0/s1. The molecule has 1 atom stereocenters. The number of rotatable bonds is 4. The number of aromatic amines is 1. The third-order valence-corrected chi connectivity index (χ3v) is 3.62. The average Bonchev–Trinajstić information content (AvgIpc) is 2.98. The Morgan fingerprint density at radius 3 is 2.81 bits per heavy atom. The van der Waals surface area contributed by atoms with Crippen molar-refractivity contribution >= 4 is 21.6 Å². The smallest absolute Gasteiger partial charge is 0.133 e. The molecule has 0 saturated heterocycles. The summed E-state index contributed by atoms with van der Waals surface area (Å²) in [6, 6.07) is 10.1. The number of hydrogen-bond acceptors (Lipinski definition) is 3. The third-order valence-electron chi connectivity index (χ3n) is 3.16. The monoisotopic (exact) mass is 342 g/mol. The largest absolute Gasteiger partial charge is 0.371 e. The average molecular weight is 343 g/mol. The second-order valence-corrected chi connectivity index (χ2v) is 5.77. The highest BCUT2D eigenvalue weighted by molar-refractivity contribution is 9.10.